The Morgan fingerprint density at radius 1 is 1.31 bits per heavy atom. The Morgan fingerprint density at radius 2 is 2.19 bits per heavy atom. The van der Waals surface area contributed by atoms with Crippen LogP contribution in [0, 0.1) is 0 Å². The van der Waals surface area contributed by atoms with Crippen molar-refractivity contribution < 1.29 is 17.7 Å². The van der Waals surface area contributed by atoms with Gasteiger partial charge in [0.2, 0.25) is 0 Å². The van der Waals surface area contributed by atoms with E-state index in [4.69, 9.17) is 11.6 Å². The number of quaternary nitrogens is 1. The molecule has 16 heavy (non-hydrogen) atoms. The van der Waals surface area contributed by atoms with Crippen molar-refractivity contribution in [2.24, 2.45) is 0 Å². The van der Waals surface area contributed by atoms with Crippen LogP contribution in [0.25, 0.3) is 5.57 Å². The van der Waals surface area contributed by atoms with Gasteiger partial charge < -0.3 is 17.7 Å². The van der Waals surface area contributed by atoms with Crippen molar-refractivity contribution in [3.8, 4) is 0 Å². The first kappa shape index (κ1) is 11.9. The lowest BCUT2D eigenvalue weighted by atomic mass is 10.0. The fourth-order valence-electron chi connectivity index (χ4n) is 2.64. The van der Waals surface area contributed by atoms with Crippen molar-refractivity contribution in [3.63, 3.8) is 0 Å². The summed E-state index contributed by atoms with van der Waals surface area (Å²) in [5.74, 6) is 0. The van der Waals surface area contributed by atoms with Crippen molar-refractivity contribution in [2.75, 3.05) is 0 Å². The standard InChI is InChI=1S/C12H13ClN2.ClH/c13-12-3-1-2-11(15-12)8-6-9-4-5-10(7-8)14-9;/h1-3,6,9-10,14H,4-5,7H2;1H/t9-,10+;/m1./s1. The zero-order valence-electron chi connectivity index (χ0n) is 8.87. The van der Waals surface area contributed by atoms with Crippen LogP contribution in [0.3, 0.4) is 0 Å². The predicted molar refractivity (Wildman–Crippen MR) is 60.6 cm³/mol. The van der Waals surface area contributed by atoms with E-state index in [9.17, 15) is 0 Å². The van der Waals surface area contributed by atoms with Crippen molar-refractivity contribution >= 4 is 17.2 Å². The molecule has 2 bridgehead atoms. The monoisotopic (exact) mass is 256 g/mol. The molecule has 2 aliphatic rings. The van der Waals surface area contributed by atoms with Gasteiger partial charge in [0.25, 0.3) is 0 Å². The largest absolute Gasteiger partial charge is 1.00 e. The molecule has 0 unspecified atom stereocenters. The first-order chi connectivity index (χ1) is 7.31. The Morgan fingerprint density at radius 3 is 2.94 bits per heavy atom. The normalized spacial score (nSPS) is 27.2. The van der Waals surface area contributed by atoms with Crippen LogP contribution in [0.1, 0.15) is 25.0 Å². The van der Waals surface area contributed by atoms with E-state index in [1.54, 1.807) is 0 Å². The molecular weight excluding hydrogens is 243 g/mol. The predicted octanol–water partition coefficient (Wildman–Crippen LogP) is -1.38. The minimum atomic E-state index is 0. The Hall–Kier alpha value is -0.570. The van der Waals surface area contributed by atoms with Crippen LogP contribution in [0.2, 0.25) is 5.15 Å². The van der Waals surface area contributed by atoms with E-state index in [1.807, 2.05) is 12.1 Å². The molecule has 1 aromatic heterocycles. The molecule has 0 amide bonds. The maximum atomic E-state index is 5.91. The van der Waals surface area contributed by atoms with E-state index in [0.29, 0.717) is 11.2 Å². The van der Waals surface area contributed by atoms with Gasteiger partial charge in [0.1, 0.15) is 11.2 Å². The van der Waals surface area contributed by atoms with Gasteiger partial charge in [-0.15, -0.1) is 0 Å². The highest BCUT2D eigenvalue weighted by atomic mass is 35.5. The second-order valence-corrected chi connectivity index (χ2v) is 4.82. The van der Waals surface area contributed by atoms with E-state index in [-0.39, 0.29) is 12.4 Å². The molecule has 2 atom stereocenters. The number of nitrogens with zero attached hydrogens (tertiary/aromatic N) is 1. The number of nitrogens with two attached hydrogens (primary N) is 1. The summed E-state index contributed by atoms with van der Waals surface area (Å²) in [7, 11) is 0. The van der Waals surface area contributed by atoms with Gasteiger partial charge in [-0.3, -0.25) is 0 Å². The topological polar surface area (TPSA) is 29.5 Å². The van der Waals surface area contributed by atoms with Crippen molar-refractivity contribution in [1.82, 2.24) is 4.98 Å². The van der Waals surface area contributed by atoms with Crippen molar-refractivity contribution in [1.29, 1.82) is 0 Å². The van der Waals surface area contributed by atoms with Crippen LogP contribution in [-0.2, 0) is 0 Å². The fraction of sp³-hybridized carbons (Fsp3) is 0.417. The minimum absolute atomic E-state index is 0. The summed E-state index contributed by atoms with van der Waals surface area (Å²) in [6, 6.07) is 7.32. The summed E-state index contributed by atoms with van der Waals surface area (Å²) < 4.78 is 0. The zero-order valence-corrected chi connectivity index (χ0v) is 10.4. The maximum absolute atomic E-state index is 5.91. The molecule has 0 saturated carbocycles. The Bertz CT molecular complexity index is 417. The summed E-state index contributed by atoms with van der Waals surface area (Å²) >= 11 is 5.91. The molecule has 3 heterocycles. The molecule has 4 heteroatoms. The van der Waals surface area contributed by atoms with Crippen LogP contribution in [0.15, 0.2) is 24.3 Å². The lowest BCUT2D eigenvalue weighted by molar-refractivity contribution is -0.693. The van der Waals surface area contributed by atoms with Crippen LogP contribution >= 0.6 is 11.6 Å². The van der Waals surface area contributed by atoms with Gasteiger partial charge in [0.15, 0.2) is 0 Å². The van der Waals surface area contributed by atoms with Gasteiger partial charge in [-0.2, -0.15) is 0 Å². The Kier molecular flexibility index (Phi) is 3.53. The molecular formula is C12H14Cl2N2. The minimum Gasteiger partial charge on any atom is -1.00 e. The summed E-state index contributed by atoms with van der Waals surface area (Å²) in [4.78, 5) is 4.38. The summed E-state index contributed by atoms with van der Waals surface area (Å²) in [5.41, 5.74) is 2.44. The van der Waals surface area contributed by atoms with Crippen molar-refractivity contribution in [3.05, 3.63) is 35.1 Å². The number of rotatable bonds is 1. The van der Waals surface area contributed by atoms with E-state index in [1.165, 1.54) is 18.4 Å². The first-order valence-corrected chi connectivity index (χ1v) is 5.88. The van der Waals surface area contributed by atoms with E-state index in [2.05, 4.69) is 22.4 Å². The molecule has 0 spiro atoms. The molecule has 3 rings (SSSR count). The Labute approximate surface area is 107 Å². The van der Waals surface area contributed by atoms with E-state index >= 15 is 0 Å². The van der Waals surface area contributed by atoms with Crippen molar-refractivity contribution in [2.45, 2.75) is 31.3 Å². The number of halogens is 2. The van der Waals surface area contributed by atoms with Crippen LogP contribution in [0.4, 0.5) is 0 Å². The highest BCUT2D eigenvalue weighted by molar-refractivity contribution is 6.29. The number of fused-ring (bicyclic) bond motifs is 2. The highest BCUT2D eigenvalue weighted by Gasteiger charge is 2.32. The average Bonchev–Trinajstić information content (AvgIpc) is 2.58. The quantitative estimate of drug-likeness (QED) is 0.617. The summed E-state index contributed by atoms with van der Waals surface area (Å²) in [6.07, 6.45) is 6.16. The van der Waals surface area contributed by atoms with E-state index < -0.39 is 0 Å². The lowest BCUT2D eigenvalue weighted by Crippen LogP contribution is -3.00. The number of hydrogen-bond donors (Lipinski definition) is 1. The number of pyridine rings is 1. The van der Waals surface area contributed by atoms with Gasteiger partial charge >= 0.3 is 0 Å². The molecule has 0 radical (unpaired) electrons. The third kappa shape index (κ3) is 2.24. The average molecular weight is 257 g/mol. The second kappa shape index (κ2) is 4.74. The molecule has 1 fully saturated rings. The third-order valence-corrected chi connectivity index (χ3v) is 3.54. The summed E-state index contributed by atoms with van der Waals surface area (Å²) in [5, 5.41) is 3.07. The molecule has 2 N–H and O–H groups in total. The number of hydrogen-bond acceptors (Lipinski definition) is 1. The van der Waals surface area contributed by atoms with Gasteiger partial charge in [-0.1, -0.05) is 17.7 Å². The van der Waals surface area contributed by atoms with Gasteiger partial charge in [0, 0.05) is 19.3 Å². The summed E-state index contributed by atoms with van der Waals surface area (Å²) in [6.45, 7) is 0. The highest BCUT2D eigenvalue weighted by Crippen LogP contribution is 2.27. The van der Waals surface area contributed by atoms with Crippen LogP contribution in [-0.4, -0.2) is 17.1 Å². The van der Waals surface area contributed by atoms with Gasteiger partial charge in [-0.25, -0.2) is 4.98 Å². The molecule has 0 aromatic carbocycles. The molecule has 1 saturated heterocycles. The second-order valence-electron chi connectivity index (χ2n) is 4.44. The Balaban J connectivity index is 0.000000963. The van der Waals surface area contributed by atoms with Gasteiger partial charge in [-0.05, 0) is 23.8 Å². The third-order valence-electron chi connectivity index (χ3n) is 3.33. The molecule has 0 aliphatic carbocycles. The lowest BCUT2D eigenvalue weighted by Gasteiger charge is -2.18. The van der Waals surface area contributed by atoms with Gasteiger partial charge in [0.05, 0.1) is 11.7 Å². The van der Waals surface area contributed by atoms with Crippen LogP contribution in [0.5, 0.6) is 0 Å². The number of aromatic nitrogens is 1. The van der Waals surface area contributed by atoms with Crippen LogP contribution < -0.4 is 17.7 Å². The molecule has 2 nitrogen and oxygen atoms in total. The fourth-order valence-corrected chi connectivity index (χ4v) is 2.81. The van der Waals surface area contributed by atoms with E-state index in [0.717, 1.165) is 18.2 Å². The smallest absolute Gasteiger partial charge is 0.129 e. The maximum Gasteiger partial charge on any atom is 0.129 e. The molecule has 86 valence electrons. The molecule has 1 aromatic rings. The zero-order chi connectivity index (χ0) is 10.3. The SMILES string of the molecule is Clc1cccc(C2=C[C@H]3CC[C@@H](C2)[NH2+]3)n1.[Cl-]. The first-order valence-electron chi connectivity index (χ1n) is 5.50. The molecule has 2 aliphatic heterocycles.